The largest absolute Gasteiger partial charge is 0.493 e. The van der Waals surface area contributed by atoms with Crippen molar-refractivity contribution < 1.29 is 14.3 Å². The lowest BCUT2D eigenvalue weighted by Crippen LogP contribution is -2.13. The van der Waals surface area contributed by atoms with Gasteiger partial charge in [0.05, 0.1) is 14.2 Å². The minimum absolute atomic E-state index is 0.0114. The maximum Gasteiger partial charge on any atom is 0.266 e. The van der Waals surface area contributed by atoms with Gasteiger partial charge in [-0.1, -0.05) is 31.5 Å². The van der Waals surface area contributed by atoms with Crippen LogP contribution in [0.5, 0.6) is 11.5 Å². The summed E-state index contributed by atoms with van der Waals surface area (Å²) in [5.41, 5.74) is 2.58. The number of aryl methyl sites for hydroxylation is 1. The van der Waals surface area contributed by atoms with Crippen LogP contribution >= 0.6 is 0 Å². The van der Waals surface area contributed by atoms with Gasteiger partial charge in [0.15, 0.2) is 11.5 Å². The summed E-state index contributed by atoms with van der Waals surface area (Å²) in [6.45, 7) is 2.16. The molecule has 0 atom stereocenters. The lowest BCUT2D eigenvalue weighted by molar-refractivity contribution is -0.112. The van der Waals surface area contributed by atoms with Gasteiger partial charge in [-0.05, 0) is 54.3 Å². The molecule has 0 aliphatic heterocycles. The SMILES string of the molecule is CCCCc1ccc(NC(=O)/C(C#N)=C/c2ccc(OC)c(OC)c2)cc1. The van der Waals surface area contributed by atoms with E-state index in [1.165, 1.54) is 18.7 Å². The molecule has 27 heavy (non-hydrogen) atoms. The highest BCUT2D eigenvalue weighted by Gasteiger charge is 2.11. The van der Waals surface area contributed by atoms with Gasteiger partial charge in [-0.25, -0.2) is 0 Å². The van der Waals surface area contributed by atoms with Crippen LogP contribution in [0.2, 0.25) is 0 Å². The molecule has 0 fully saturated rings. The zero-order valence-corrected chi connectivity index (χ0v) is 15.9. The molecule has 140 valence electrons. The highest BCUT2D eigenvalue weighted by molar-refractivity contribution is 6.09. The lowest BCUT2D eigenvalue weighted by atomic mass is 10.1. The molecule has 0 radical (unpaired) electrons. The van der Waals surface area contributed by atoms with Gasteiger partial charge >= 0.3 is 0 Å². The number of benzene rings is 2. The maximum atomic E-state index is 12.4. The average molecular weight is 364 g/mol. The molecule has 0 spiro atoms. The van der Waals surface area contributed by atoms with E-state index >= 15 is 0 Å². The minimum atomic E-state index is -0.450. The van der Waals surface area contributed by atoms with E-state index in [0.717, 1.165) is 19.3 Å². The number of amides is 1. The quantitative estimate of drug-likeness (QED) is 0.549. The Morgan fingerprint density at radius 2 is 1.81 bits per heavy atom. The fourth-order valence-electron chi connectivity index (χ4n) is 2.59. The second-order valence-electron chi connectivity index (χ2n) is 6.04. The van der Waals surface area contributed by atoms with E-state index in [2.05, 4.69) is 12.2 Å². The van der Waals surface area contributed by atoms with Crippen LogP contribution in [0.25, 0.3) is 6.08 Å². The summed E-state index contributed by atoms with van der Waals surface area (Å²) in [5, 5.41) is 12.1. The van der Waals surface area contributed by atoms with E-state index in [-0.39, 0.29) is 5.57 Å². The summed E-state index contributed by atoms with van der Waals surface area (Å²) in [6, 6.07) is 14.9. The van der Waals surface area contributed by atoms with Crippen molar-refractivity contribution >= 4 is 17.7 Å². The summed E-state index contributed by atoms with van der Waals surface area (Å²) < 4.78 is 10.4. The molecule has 0 bridgehead atoms. The number of unbranched alkanes of at least 4 members (excludes halogenated alkanes) is 1. The molecular formula is C22H24N2O3. The molecule has 5 heteroatoms. The molecule has 0 aliphatic rings. The predicted molar refractivity (Wildman–Crippen MR) is 107 cm³/mol. The summed E-state index contributed by atoms with van der Waals surface area (Å²) >= 11 is 0. The first-order valence-electron chi connectivity index (χ1n) is 8.85. The van der Waals surface area contributed by atoms with Crippen LogP contribution in [-0.4, -0.2) is 20.1 Å². The Morgan fingerprint density at radius 3 is 2.41 bits per heavy atom. The predicted octanol–water partition coefficient (Wildman–Crippen LogP) is 4.59. The van der Waals surface area contributed by atoms with Crippen LogP contribution in [0.4, 0.5) is 5.69 Å². The van der Waals surface area contributed by atoms with Crippen LogP contribution in [0, 0.1) is 11.3 Å². The molecule has 1 amide bonds. The standard InChI is InChI=1S/C22H24N2O3/c1-4-5-6-16-7-10-19(11-8-16)24-22(25)18(15-23)13-17-9-12-20(26-2)21(14-17)27-3/h7-14H,4-6H2,1-3H3,(H,24,25)/b18-13+. The van der Waals surface area contributed by atoms with Crippen molar-refractivity contribution in [1.29, 1.82) is 5.26 Å². The zero-order valence-electron chi connectivity index (χ0n) is 15.9. The third kappa shape index (κ3) is 5.61. The van der Waals surface area contributed by atoms with Gasteiger partial charge in [0, 0.05) is 5.69 Å². The molecule has 5 nitrogen and oxygen atoms in total. The van der Waals surface area contributed by atoms with Crippen molar-refractivity contribution in [3.8, 4) is 17.6 Å². The second kappa shape index (κ2) is 10.0. The maximum absolute atomic E-state index is 12.4. The topological polar surface area (TPSA) is 71.4 Å². The first kappa shape index (κ1) is 20.1. The van der Waals surface area contributed by atoms with Gasteiger partial charge in [-0.15, -0.1) is 0 Å². The highest BCUT2D eigenvalue weighted by Crippen LogP contribution is 2.28. The Hall–Kier alpha value is -3.26. The summed E-state index contributed by atoms with van der Waals surface area (Å²) in [7, 11) is 3.09. The molecule has 0 aromatic heterocycles. The van der Waals surface area contributed by atoms with Gasteiger partial charge in [0.1, 0.15) is 11.6 Å². The number of carbonyl (C=O) groups is 1. The number of ether oxygens (including phenoxy) is 2. The number of hydrogen-bond acceptors (Lipinski definition) is 4. The Kier molecular flexibility index (Phi) is 7.45. The molecule has 0 aliphatic carbocycles. The Labute approximate surface area is 160 Å². The van der Waals surface area contributed by atoms with Crippen molar-refractivity contribution in [3.05, 3.63) is 59.2 Å². The number of carbonyl (C=O) groups excluding carboxylic acids is 1. The van der Waals surface area contributed by atoms with E-state index in [0.29, 0.717) is 22.7 Å². The molecule has 2 aromatic carbocycles. The molecule has 0 heterocycles. The van der Waals surface area contributed by atoms with Crippen molar-refractivity contribution in [2.24, 2.45) is 0 Å². The van der Waals surface area contributed by atoms with Crippen LogP contribution in [0.15, 0.2) is 48.0 Å². The van der Waals surface area contributed by atoms with Crippen LogP contribution < -0.4 is 14.8 Å². The molecule has 1 N–H and O–H groups in total. The summed E-state index contributed by atoms with van der Waals surface area (Å²) in [5.74, 6) is 0.668. The number of anilines is 1. The van der Waals surface area contributed by atoms with Gasteiger partial charge < -0.3 is 14.8 Å². The number of rotatable bonds is 8. The van der Waals surface area contributed by atoms with Crippen molar-refractivity contribution in [2.45, 2.75) is 26.2 Å². The molecule has 2 rings (SSSR count). The fraction of sp³-hybridized carbons (Fsp3) is 0.273. The fourth-order valence-corrected chi connectivity index (χ4v) is 2.59. The Balaban J connectivity index is 2.13. The number of hydrogen-bond donors (Lipinski definition) is 1. The molecule has 2 aromatic rings. The second-order valence-corrected chi connectivity index (χ2v) is 6.04. The van der Waals surface area contributed by atoms with Gasteiger partial charge in [0.25, 0.3) is 5.91 Å². The van der Waals surface area contributed by atoms with Crippen molar-refractivity contribution in [3.63, 3.8) is 0 Å². The Bertz CT molecular complexity index is 849. The number of nitrogens with one attached hydrogen (secondary N) is 1. The minimum Gasteiger partial charge on any atom is -0.493 e. The molecule has 0 unspecified atom stereocenters. The third-order valence-electron chi connectivity index (χ3n) is 4.11. The highest BCUT2D eigenvalue weighted by atomic mass is 16.5. The van der Waals surface area contributed by atoms with E-state index in [1.807, 2.05) is 30.3 Å². The van der Waals surface area contributed by atoms with E-state index in [1.54, 1.807) is 25.3 Å². The number of nitriles is 1. The van der Waals surface area contributed by atoms with E-state index < -0.39 is 5.91 Å². The monoisotopic (exact) mass is 364 g/mol. The van der Waals surface area contributed by atoms with Crippen LogP contribution in [0.3, 0.4) is 0 Å². The third-order valence-corrected chi connectivity index (χ3v) is 4.11. The number of nitrogens with zero attached hydrogens (tertiary/aromatic N) is 1. The average Bonchev–Trinajstić information content (AvgIpc) is 2.71. The first-order valence-corrected chi connectivity index (χ1v) is 8.85. The van der Waals surface area contributed by atoms with Gasteiger partial charge in [-0.3, -0.25) is 4.79 Å². The smallest absolute Gasteiger partial charge is 0.266 e. The van der Waals surface area contributed by atoms with Crippen molar-refractivity contribution in [2.75, 3.05) is 19.5 Å². The Morgan fingerprint density at radius 1 is 1.11 bits per heavy atom. The van der Waals surface area contributed by atoms with Crippen LogP contribution in [-0.2, 0) is 11.2 Å². The van der Waals surface area contributed by atoms with Gasteiger partial charge in [0.2, 0.25) is 0 Å². The normalized spacial score (nSPS) is 10.8. The summed E-state index contributed by atoms with van der Waals surface area (Å²) in [4.78, 5) is 12.4. The van der Waals surface area contributed by atoms with Crippen molar-refractivity contribution in [1.82, 2.24) is 0 Å². The number of methoxy groups -OCH3 is 2. The molecular weight excluding hydrogens is 340 g/mol. The first-order chi connectivity index (χ1) is 13.1. The lowest BCUT2D eigenvalue weighted by Gasteiger charge is -2.08. The summed E-state index contributed by atoms with van der Waals surface area (Å²) in [6.07, 6.45) is 4.82. The molecule has 0 saturated carbocycles. The van der Waals surface area contributed by atoms with Crippen LogP contribution in [0.1, 0.15) is 30.9 Å². The van der Waals surface area contributed by atoms with E-state index in [4.69, 9.17) is 9.47 Å². The molecule has 0 saturated heterocycles. The zero-order chi connectivity index (χ0) is 19.6. The van der Waals surface area contributed by atoms with Gasteiger partial charge in [-0.2, -0.15) is 5.26 Å². The van der Waals surface area contributed by atoms with E-state index in [9.17, 15) is 10.1 Å².